The van der Waals surface area contributed by atoms with E-state index in [1.807, 2.05) is 37.8 Å². The van der Waals surface area contributed by atoms with Crippen molar-refractivity contribution in [2.75, 3.05) is 19.6 Å². The molecule has 1 aromatic rings. The van der Waals surface area contributed by atoms with Gasteiger partial charge in [0.2, 0.25) is 5.91 Å². The highest BCUT2D eigenvalue weighted by molar-refractivity contribution is 5.95. The van der Waals surface area contributed by atoms with Crippen LogP contribution in [0.5, 0.6) is 0 Å². The zero-order valence-corrected chi connectivity index (χ0v) is 13.7. The first-order valence-electron chi connectivity index (χ1n) is 8.10. The van der Waals surface area contributed by atoms with Crippen molar-refractivity contribution >= 4 is 11.8 Å². The lowest BCUT2D eigenvalue weighted by atomic mass is 9.89. The van der Waals surface area contributed by atoms with E-state index in [4.69, 9.17) is 0 Å². The first-order valence-corrected chi connectivity index (χ1v) is 8.10. The summed E-state index contributed by atoms with van der Waals surface area (Å²) >= 11 is 0. The van der Waals surface area contributed by atoms with Gasteiger partial charge in [0.25, 0.3) is 5.91 Å². The maximum atomic E-state index is 12.2. The summed E-state index contributed by atoms with van der Waals surface area (Å²) in [5.41, 5.74) is 2.48. The van der Waals surface area contributed by atoms with Crippen molar-refractivity contribution in [3.63, 3.8) is 0 Å². The van der Waals surface area contributed by atoms with Gasteiger partial charge in [0.05, 0.1) is 11.3 Å². The van der Waals surface area contributed by atoms with Crippen LogP contribution in [0.3, 0.4) is 0 Å². The number of hydrogen-bond donors (Lipinski definition) is 1. The minimum absolute atomic E-state index is 0.0583. The van der Waals surface area contributed by atoms with E-state index < -0.39 is 0 Å². The Morgan fingerprint density at radius 2 is 1.95 bits per heavy atom. The molecular weight excluding hydrogens is 278 g/mol. The Morgan fingerprint density at radius 1 is 1.27 bits per heavy atom. The van der Waals surface area contributed by atoms with Gasteiger partial charge in [0.15, 0.2) is 0 Å². The lowest BCUT2D eigenvalue weighted by Crippen LogP contribution is -2.38. The van der Waals surface area contributed by atoms with Gasteiger partial charge in [0, 0.05) is 37.7 Å². The molecule has 0 radical (unpaired) electrons. The van der Waals surface area contributed by atoms with Crippen molar-refractivity contribution in [3.05, 3.63) is 29.1 Å². The van der Waals surface area contributed by atoms with Crippen LogP contribution in [0.2, 0.25) is 0 Å². The maximum Gasteiger partial charge on any atom is 0.253 e. The summed E-state index contributed by atoms with van der Waals surface area (Å²) < 4.78 is 0. The van der Waals surface area contributed by atoms with E-state index in [0.29, 0.717) is 18.5 Å². The summed E-state index contributed by atoms with van der Waals surface area (Å²) in [5.74, 6) is 0.398. The SMILES string of the molecule is CCNC(=O)c1ccc(C)nc1C1CCN(C(=O)CC)CC1. The molecule has 5 heteroatoms. The van der Waals surface area contributed by atoms with Crippen molar-refractivity contribution in [1.29, 1.82) is 0 Å². The second kappa shape index (κ2) is 7.38. The summed E-state index contributed by atoms with van der Waals surface area (Å²) in [4.78, 5) is 30.5. The third-order valence-electron chi connectivity index (χ3n) is 4.18. The zero-order chi connectivity index (χ0) is 16.1. The molecule has 0 aliphatic carbocycles. The van der Waals surface area contributed by atoms with Gasteiger partial charge in [-0.3, -0.25) is 14.6 Å². The number of pyridine rings is 1. The molecule has 1 fully saturated rings. The number of amides is 2. The molecular formula is C17H25N3O2. The van der Waals surface area contributed by atoms with Gasteiger partial charge in [-0.1, -0.05) is 6.92 Å². The van der Waals surface area contributed by atoms with Crippen LogP contribution in [0, 0.1) is 6.92 Å². The molecule has 0 atom stereocenters. The van der Waals surface area contributed by atoms with Gasteiger partial charge in [-0.15, -0.1) is 0 Å². The van der Waals surface area contributed by atoms with E-state index in [-0.39, 0.29) is 17.7 Å². The molecule has 22 heavy (non-hydrogen) atoms. The van der Waals surface area contributed by atoms with Crippen molar-refractivity contribution in [3.8, 4) is 0 Å². The average molecular weight is 303 g/mol. The van der Waals surface area contributed by atoms with Crippen LogP contribution in [0.1, 0.15) is 60.8 Å². The Kier molecular flexibility index (Phi) is 5.52. The molecule has 1 saturated heterocycles. The fourth-order valence-corrected chi connectivity index (χ4v) is 2.96. The second-order valence-electron chi connectivity index (χ2n) is 5.75. The van der Waals surface area contributed by atoms with Gasteiger partial charge in [0.1, 0.15) is 0 Å². The lowest BCUT2D eigenvalue weighted by molar-refractivity contribution is -0.131. The average Bonchev–Trinajstić information content (AvgIpc) is 2.54. The summed E-state index contributed by atoms with van der Waals surface area (Å²) in [6.07, 6.45) is 2.29. The van der Waals surface area contributed by atoms with E-state index in [9.17, 15) is 9.59 Å². The highest BCUT2D eigenvalue weighted by atomic mass is 16.2. The Labute approximate surface area is 132 Å². The third kappa shape index (κ3) is 3.64. The molecule has 0 bridgehead atoms. The van der Waals surface area contributed by atoms with Crippen LogP contribution in [-0.4, -0.2) is 41.3 Å². The minimum Gasteiger partial charge on any atom is -0.352 e. The maximum absolute atomic E-state index is 12.2. The minimum atomic E-state index is -0.0583. The number of nitrogens with one attached hydrogen (secondary N) is 1. The smallest absolute Gasteiger partial charge is 0.253 e. The van der Waals surface area contributed by atoms with Crippen LogP contribution >= 0.6 is 0 Å². The summed E-state index contributed by atoms with van der Waals surface area (Å²) in [6, 6.07) is 3.75. The van der Waals surface area contributed by atoms with Crippen molar-refractivity contribution in [1.82, 2.24) is 15.2 Å². The van der Waals surface area contributed by atoms with Gasteiger partial charge >= 0.3 is 0 Å². The number of carbonyl (C=O) groups is 2. The third-order valence-corrected chi connectivity index (χ3v) is 4.18. The fraction of sp³-hybridized carbons (Fsp3) is 0.588. The largest absolute Gasteiger partial charge is 0.352 e. The Bertz CT molecular complexity index is 549. The number of nitrogens with zero attached hydrogens (tertiary/aromatic N) is 2. The van der Waals surface area contributed by atoms with E-state index in [1.165, 1.54) is 0 Å². The molecule has 5 nitrogen and oxygen atoms in total. The molecule has 0 spiro atoms. The Hall–Kier alpha value is -1.91. The van der Waals surface area contributed by atoms with Crippen LogP contribution < -0.4 is 5.32 Å². The molecule has 1 N–H and O–H groups in total. The predicted molar refractivity (Wildman–Crippen MR) is 85.8 cm³/mol. The lowest BCUT2D eigenvalue weighted by Gasteiger charge is -2.32. The first kappa shape index (κ1) is 16.5. The Morgan fingerprint density at radius 3 is 2.55 bits per heavy atom. The fourth-order valence-electron chi connectivity index (χ4n) is 2.96. The first-order chi connectivity index (χ1) is 10.6. The van der Waals surface area contributed by atoms with E-state index >= 15 is 0 Å². The van der Waals surface area contributed by atoms with Gasteiger partial charge in [-0.05, 0) is 38.8 Å². The molecule has 1 aliphatic rings. The summed E-state index contributed by atoms with van der Waals surface area (Å²) in [6.45, 7) is 7.86. The monoisotopic (exact) mass is 303 g/mol. The molecule has 2 amide bonds. The summed E-state index contributed by atoms with van der Waals surface area (Å²) in [5, 5.41) is 2.85. The van der Waals surface area contributed by atoms with Crippen molar-refractivity contribution < 1.29 is 9.59 Å². The van der Waals surface area contributed by atoms with Crippen LogP contribution in [0.15, 0.2) is 12.1 Å². The van der Waals surface area contributed by atoms with E-state index in [0.717, 1.165) is 37.3 Å². The van der Waals surface area contributed by atoms with Crippen LogP contribution in [0.4, 0.5) is 0 Å². The Balaban J connectivity index is 2.17. The molecule has 1 aliphatic heterocycles. The standard InChI is InChI=1S/C17H25N3O2/c1-4-15(21)20-10-8-13(9-11-20)16-14(17(22)18-5-2)7-6-12(3)19-16/h6-7,13H,4-5,8-11H2,1-3H3,(H,18,22). The molecule has 0 unspecified atom stereocenters. The highest BCUT2D eigenvalue weighted by Crippen LogP contribution is 2.29. The number of aromatic nitrogens is 1. The molecule has 2 heterocycles. The van der Waals surface area contributed by atoms with Crippen molar-refractivity contribution in [2.24, 2.45) is 0 Å². The topological polar surface area (TPSA) is 62.3 Å². The predicted octanol–water partition coefficient (Wildman–Crippen LogP) is 2.26. The number of carbonyl (C=O) groups excluding carboxylic acids is 2. The number of hydrogen-bond acceptors (Lipinski definition) is 3. The number of likely N-dealkylation sites (tertiary alicyclic amines) is 1. The van der Waals surface area contributed by atoms with E-state index in [1.54, 1.807) is 0 Å². The summed E-state index contributed by atoms with van der Waals surface area (Å²) in [7, 11) is 0. The van der Waals surface area contributed by atoms with Crippen molar-refractivity contribution in [2.45, 2.75) is 46.0 Å². The van der Waals surface area contributed by atoms with E-state index in [2.05, 4.69) is 10.3 Å². The molecule has 1 aromatic heterocycles. The number of aryl methyl sites for hydroxylation is 1. The molecule has 120 valence electrons. The van der Waals surface area contributed by atoms with Gasteiger partial charge in [-0.25, -0.2) is 0 Å². The highest BCUT2D eigenvalue weighted by Gasteiger charge is 2.27. The molecule has 2 rings (SSSR count). The van der Waals surface area contributed by atoms with Gasteiger partial charge < -0.3 is 10.2 Å². The molecule has 0 aromatic carbocycles. The van der Waals surface area contributed by atoms with Crippen LogP contribution in [0.25, 0.3) is 0 Å². The number of rotatable bonds is 4. The normalized spacial score (nSPS) is 15.7. The van der Waals surface area contributed by atoms with Gasteiger partial charge in [-0.2, -0.15) is 0 Å². The quantitative estimate of drug-likeness (QED) is 0.928. The zero-order valence-electron chi connectivity index (χ0n) is 13.7. The van der Waals surface area contributed by atoms with Crippen LogP contribution in [-0.2, 0) is 4.79 Å². The number of piperidine rings is 1. The second-order valence-corrected chi connectivity index (χ2v) is 5.75. The molecule has 0 saturated carbocycles.